The van der Waals surface area contributed by atoms with Crippen molar-refractivity contribution < 1.29 is 15.0 Å². The van der Waals surface area contributed by atoms with E-state index in [1.165, 1.54) is 0 Å². The number of nitrogens with one attached hydrogen (secondary N) is 1. The maximum absolute atomic E-state index is 11.0. The predicted molar refractivity (Wildman–Crippen MR) is 72.8 cm³/mol. The van der Waals surface area contributed by atoms with Gasteiger partial charge in [-0.15, -0.1) is 0 Å². The van der Waals surface area contributed by atoms with Crippen LogP contribution in [0.4, 0.5) is 0 Å². The Morgan fingerprint density at radius 1 is 1.32 bits per heavy atom. The van der Waals surface area contributed by atoms with Crippen molar-refractivity contribution in [3.05, 3.63) is 35.9 Å². The Morgan fingerprint density at radius 3 is 2.68 bits per heavy atom. The molecule has 3 atom stereocenters. The molecule has 0 saturated heterocycles. The third-order valence-corrected chi connectivity index (χ3v) is 3.84. The fourth-order valence-electron chi connectivity index (χ4n) is 2.79. The summed E-state index contributed by atoms with van der Waals surface area (Å²) in [6.07, 6.45) is 3.33. The summed E-state index contributed by atoms with van der Waals surface area (Å²) in [6.45, 7) is 0.0260. The fourth-order valence-corrected chi connectivity index (χ4v) is 2.79. The molecule has 104 valence electrons. The van der Waals surface area contributed by atoms with Gasteiger partial charge in [0.2, 0.25) is 0 Å². The van der Waals surface area contributed by atoms with Crippen LogP contribution in [0.15, 0.2) is 30.3 Å². The summed E-state index contributed by atoms with van der Waals surface area (Å²) in [6, 6.07) is 9.85. The normalized spacial score (nSPS) is 24.9. The molecule has 0 spiro atoms. The van der Waals surface area contributed by atoms with Gasteiger partial charge in [-0.2, -0.15) is 0 Å². The maximum Gasteiger partial charge on any atom is 0.306 e. The van der Waals surface area contributed by atoms with E-state index < -0.39 is 5.97 Å². The highest BCUT2D eigenvalue weighted by Gasteiger charge is 2.28. The van der Waals surface area contributed by atoms with Crippen molar-refractivity contribution in [3.8, 4) is 0 Å². The van der Waals surface area contributed by atoms with Crippen LogP contribution in [0.1, 0.15) is 37.3 Å². The third kappa shape index (κ3) is 3.78. The predicted octanol–water partition coefficient (Wildman–Crippen LogP) is 1.95. The minimum Gasteiger partial charge on any atom is -0.481 e. The van der Waals surface area contributed by atoms with Crippen LogP contribution in [0.3, 0.4) is 0 Å². The molecule has 1 aromatic rings. The first-order valence-electron chi connectivity index (χ1n) is 6.85. The molecule has 0 aromatic heterocycles. The molecule has 0 heterocycles. The Morgan fingerprint density at radius 2 is 2.05 bits per heavy atom. The largest absolute Gasteiger partial charge is 0.481 e. The second-order valence-electron chi connectivity index (χ2n) is 5.21. The Kier molecular flexibility index (Phi) is 4.93. The molecule has 0 bridgehead atoms. The molecular weight excluding hydrogens is 242 g/mol. The Balaban J connectivity index is 1.97. The first kappa shape index (κ1) is 14.0. The van der Waals surface area contributed by atoms with Gasteiger partial charge >= 0.3 is 5.97 Å². The summed E-state index contributed by atoms with van der Waals surface area (Å²) in [7, 11) is 0. The van der Waals surface area contributed by atoms with Gasteiger partial charge in [-0.1, -0.05) is 36.8 Å². The van der Waals surface area contributed by atoms with Gasteiger partial charge in [-0.3, -0.25) is 4.79 Å². The molecule has 0 aliphatic heterocycles. The molecule has 1 fully saturated rings. The molecule has 1 saturated carbocycles. The molecule has 1 aliphatic carbocycles. The summed E-state index contributed by atoms with van der Waals surface area (Å²) in [5, 5.41) is 22.0. The minimum atomic E-state index is -0.702. The van der Waals surface area contributed by atoms with Crippen LogP contribution in [0.2, 0.25) is 0 Å². The number of aliphatic hydroxyl groups is 1. The van der Waals surface area contributed by atoms with E-state index in [4.69, 9.17) is 5.11 Å². The smallest absolute Gasteiger partial charge is 0.306 e. The van der Waals surface area contributed by atoms with Crippen molar-refractivity contribution in [2.24, 2.45) is 5.92 Å². The maximum atomic E-state index is 11.0. The molecule has 3 N–H and O–H groups in total. The fraction of sp³-hybridized carbons (Fsp3) is 0.533. The Hall–Kier alpha value is -1.39. The zero-order valence-electron chi connectivity index (χ0n) is 11.0. The molecule has 1 aliphatic rings. The summed E-state index contributed by atoms with van der Waals surface area (Å²) in [5.74, 6) is -0.951. The van der Waals surface area contributed by atoms with Gasteiger partial charge in [0.05, 0.1) is 18.6 Å². The number of carbonyl (C=O) groups is 1. The second kappa shape index (κ2) is 6.68. The van der Waals surface area contributed by atoms with Crippen molar-refractivity contribution in [1.82, 2.24) is 5.32 Å². The van der Waals surface area contributed by atoms with E-state index in [0.717, 1.165) is 24.8 Å². The number of hydrogen-bond acceptors (Lipinski definition) is 3. The molecule has 3 unspecified atom stereocenters. The molecule has 4 nitrogen and oxygen atoms in total. The zero-order valence-corrected chi connectivity index (χ0v) is 11.0. The lowest BCUT2D eigenvalue weighted by molar-refractivity contribution is -0.143. The van der Waals surface area contributed by atoms with Gasteiger partial charge in [0.1, 0.15) is 0 Å². The Labute approximate surface area is 113 Å². The van der Waals surface area contributed by atoms with Crippen molar-refractivity contribution in [3.63, 3.8) is 0 Å². The van der Waals surface area contributed by atoms with E-state index in [0.29, 0.717) is 6.42 Å². The summed E-state index contributed by atoms with van der Waals surface area (Å²) < 4.78 is 0. The van der Waals surface area contributed by atoms with Crippen LogP contribution < -0.4 is 5.32 Å². The first-order chi connectivity index (χ1) is 9.20. The Bertz CT molecular complexity index is 407. The number of benzene rings is 1. The SMILES string of the molecule is O=C(O)C1CCCC(NC(CO)c2ccccc2)C1. The molecular formula is C15H21NO3. The van der Waals surface area contributed by atoms with E-state index in [1.54, 1.807) is 0 Å². The molecule has 19 heavy (non-hydrogen) atoms. The van der Waals surface area contributed by atoms with Crippen LogP contribution >= 0.6 is 0 Å². The van der Waals surface area contributed by atoms with Crippen molar-refractivity contribution in [1.29, 1.82) is 0 Å². The molecule has 0 amide bonds. The molecule has 4 heteroatoms. The monoisotopic (exact) mass is 263 g/mol. The van der Waals surface area contributed by atoms with Crippen LogP contribution in [0, 0.1) is 5.92 Å². The van der Waals surface area contributed by atoms with E-state index in [1.807, 2.05) is 30.3 Å². The average Bonchev–Trinajstić information content (AvgIpc) is 2.46. The second-order valence-corrected chi connectivity index (χ2v) is 5.21. The highest BCUT2D eigenvalue weighted by Crippen LogP contribution is 2.26. The highest BCUT2D eigenvalue weighted by molar-refractivity contribution is 5.70. The zero-order chi connectivity index (χ0) is 13.7. The molecule has 1 aromatic carbocycles. The molecule has 0 radical (unpaired) electrons. The number of aliphatic hydroxyl groups excluding tert-OH is 1. The van der Waals surface area contributed by atoms with E-state index >= 15 is 0 Å². The number of aliphatic carboxylic acids is 1. The van der Waals surface area contributed by atoms with Crippen LogP contribution in [0.5, 0.6) is 0 Å². The van der Waals surface area contributed by atoms with Crippen LogP contribution in [-0.2, 0) is 4.79 Å². The van der Waals surface area contributed by atoms with Gasteiger partial charge in [0.25, 0.3) is 0 Å². The van der Waals surface area contributed by atoms with Gasteiger partial charge in [-0.05, 0) is 24.8 Å². The third-order valence-electron chi connectivity index (χ3n) is 3.84. The van der Waals surface area contributed by atoms with Crippen molar-refractivity contribution in [2.45, 2.75) is 37.8 Å². The number of rotatable bonds is 5. The molecule has 2 rings (SSSR count). The first-order valence-corrected chi connectivity index (χ1v) is 6.85. The number of carboxylic acid groups (broad SMARTS) is 1. The minimum absolute atomic E-state index is 0.0260. The number of hydrogen-bond donors (Lipinski definition) is 3. The van der Waals surface area contributed by atoms with E-state index in [9.17, 15) is 9.90 Å². The highest BCUT2D eigenvalue weighted by atomic mass is 16.4. The summed E-state index contributed by atoms with van der Waals surface area (Å²) in [4.78, 5) is 11.0. The van der Waals surface area contributed by atoms with Gasteiger partial charge in [-0.25, -0.2) is 0 Å². The van der Waals surface area contributed by atoms with Gasteiger partial charge < -0.3 is 15.5 Å². The topological polar surface area (TPSA) is 69.6 Å². The lowest BCUT2D eigenvalue weighted by atomic mass is 9.85. The van der Waals surface area contributed by atoms with Gasteiger partial charge in [0.15, 0.2) is 0 Å². The van der Waals surface area contributed by atoms with E-state index in [2.05, 4.69) is 5.32 Å². The quantitative estimate of drug-likeness (QED) is 0.759. The van der Waals surface area contributed by atoms with Crippen LogP contribution in [0.25, 0.3) is 0 Å². The van der Waals surface area contributed by atoms with Crippen molar-refractivity contribution in [2.75, 3.05) is 6.61 Å². The summed E-state index contributed by atoms with van der Waals surface area (Å²) in [5.41, 5.74) is 1.04. The lowest BCUT2D eigenvalue weighted by Crippen LogP contribution is -2.39. The summed E-state index contributed by atoms with van der Waals surface area (Å²) >= 11 is 0. The van der Waals surface area contributed by atoms with Gasteiger partial charge in [0, 0.05) is 6.04 Å². The average molecular weight is 263 g/mol. The van der Waals surface area contributed by atoms with E-state index in [-0.39, 0.29) is 24.6 Å². The van der Waals surface area contributed by atoms with Crippen molar-refractivity contribution >= 4 is 5.97 Å². The van der Waals surface area contributed by atoms with Crippen LogP contribution in [-0.4, -0.2) is 28.8 Å². The standard InChI is InChI=1S/C15H21NO3/c17-10-14(11-5-2-1-3-6-11)16-13-8-4-7-12(9-13)15(18)19/h1-3,5-6,12-14,16-17H,4,7-10H2,(H,18,19). The lowest BCUT2D eigenvalue weighted by Gasteiger charge is -2.30. The number of carboxylic acids is 1.